The summed E-state index contributed by atoms with van der Waals surface area (Å²) < 4.78 is 26.7. The van der Waals surface area contributed by atoms with E-state index in [-0.39, 0.29) is 18.2 Å². The molecule has 1 aliphatic rings. The van der Waals surface area contributed by atoms with Crippen LogP contribution in [-0.2, 0) is 9.53 Å². The standard InChI is InChI=1S/C28H22FNO4/c1-17-15-23(18(2)30(17)20-13-11-19(29)12-14-20)24(31)16-33-28(32)27-21-7-3-5-9-25(21)34-26-10-6-4-8-22(26)27/h3-15,27H,16H2,1-2H3. The third-order valence-corrected chi connectivity index (χ3v) is 6.08. The summed E-state index contributed by atoms with van der Waals surface area (Å²) in [5.74, 6) is -0.631. The quantitative estimate of drug-likeness (QED) is 0.278. The van der Waals surface area contributed by atoms with E-state index in [9.17, 15) is 14.0 Å². The van der Waals surface area contributed by atoms with E-state index in [2.05, 4.69) is 0 Å². The van der Waals surface area contributed by atoms with Crippen molar-refractivity contribution in [1.29, 1.82) is 0 Å². The maximum atomic E-state index is 13.3. The lowest BCUT2D eigenvalue weighted by Crippen LogP contribution is -2.23. The molecule has 0 amide bonds. The lowest BCUT2D eigenvalue weighted by atomic mass is 9.88. The van der Waals surface area contributed by atoms with Gasteiger partial charge < -0.3 is 14.0 Å². The number of carbonyl (C=O) groups excluding carboxylic acids is 2. The molecule has 5 nitrogen and oxygen atoms in total. The number of esters is 1. The molecule has 0 saturated heterocycles. The second-order valence-corrected chi connectivity index (χ2v) is 8.24. The molecule has 0 bridgehead atoms. The Morgan fingerprint density at radius 2 is 1.50 bits per heavy atom. The van der Waals surface area contributed by atoms with Crippen LogP contribution in [0.15, 0.2) is 78.9 Å². The number of fused-ring (bicyclic) bond motifs is 2. The van der Waals surface area contributed by atoms with Crippen molar-refractivity contribution < 1.29 is 23.5 Å². The van der Waals surface area contributed by atoms with Crippen LogP contribution in [0.25, 0.3) is 5.69 Å². The van der Waals surface area contributed by atoms with Crippen molar-refractivity contribution >= 4 is 11.8 Å². The lowest BCUT2D eigenvalue weighted by Gasteiger charge is -2.26. The molecule has 0 fully saturated rings. The van der Waals surface area contributed by atoms with Crippen molar-refractivity contribution in [2.45, 2.75) is 19.8 Å². The number of Topliss-reactive ketones (excluding diaryl/α,β-unsaturated/α-hetero) is 1. The van der Waals surface area contributed by atoms with Gasteiger partial charge in [0.1, 0.15) is 23.2 Å². The summed E-state index contributed by atoms with van der Waals surface area (Å²) in [6, 6.07) is 22.5. The molecule has 6 heteroatoms. The van der Waals surface area contributed by atoms with Gasteiger partial charge in [-0.2, -0.15) is 0 Å². The van der Waals surface area contributed by atoms with Gasteiger partial charge in [0.2, 0.25) is 5.78 Å². The van der Waals surface area contributed by atoms with E-state index in [1.54, 1.807) is 30.3 Å². The second-order valence-electron chi connectivity index (χ2n) is 8.24. The Labute approximate surface area is 196 Å². The van der Waals surface area contributed by atoms with Crippen molar-refractivity contribution in [3.63, 3.8) is 0 Å². The van der Waals surface area contributed by atoms with Gasteiger partial charge in [-0.3, -0.25) is 9.59 Å². The minimum Gasteiger partial charge on any atom is -0.457 e. The molecule has 0 radical (unpaired) electrons. The van der Waals surface area contributed by atoms with Gasteiger partial charge >= 0.3 is 5.97 Å². The number of benzene rings is 3. The fraction of sp³-hybridized carbons (Fsp3) is 0.143. The molecule has 34 heavy (non-hydrogen) atoms. The number of nitrogens with zero attached hydrogens (tertiary/aromatic N) is 1. The van der Waals surface area contributed by atoms with Crippen LogP contribution >= 0.6 is 0 Å². The first-order chi connectivity index (χ1) is 16.4. The number of ether oxygens (including phenoxy) is 2. The molecule has 0 unspecified atom stereocenters. The molecule has 0 spiro atoms. The number of ketones is 1. The van der Waals surface area contributed by atoms with Crippen molar-refractivity contribution in [3.8, 4) is 17.2 Å². The van der Waals surface area contributed by atoms with Gasteiger partial charge in [0.25, 0.3) is 0 Å². The SMILES string of the molecule is Cc1cc(C(=O)COC(=O)C2c3ccccc3Oc3ccccc32)c(C)n1-c1ccc(F)cc1. The minimum absolute atomic E-state index is 0.302. The largest absolute Gasteiger partial charge is 0.457 e. The van der Waals surface area contributed by atoms with E-state index >= 15 is 0 Å². The molecular weight excluding hydrogens is 433 g/mol. The number of rotatable bonds is 5. The summed E-state index contributed by atoms with van der Waals surface area (Å²) in [5.41, 5.74) is 4.14. The summed E-state index contributed by atoms with van der Waals surface area (Å²) in [7, 11) is 0. The first-order valence-corrected chi connectivity index (χ1v) is 10.9. The lowest BCUT2D eigenvalue weighted by molar-refractivity contribution is -0.143. The minimum atomic E-state index is -0.680. The average molecular weight is 455 g/mol. The molecule has 3 aromatic carbocycles. The Morgan fingerprint density at radius 3 is 2.12 bits per heavy atom. The van der Waals surface area contributed by atoms with Crippen LogP contribution in [-0.4, -0.2) is 22.9 Å². The highest BCUT2D eigenvalue weighted by molar-refractivity contribution is 6.00. The molecule has 0 aliphatic carbocycles. The van der Waals surface area contributed by atoms with E-state index < -0.39 is 11.9 Å². The fourth-order valence-corrected chi connectivity index (χ4v) is 4.49. The van der Waals surface area contributed by atoms with Crippen molar-refractivity contribution in [2.24, 2.45) is 0 Å². The second kappa shape index (κ2) is 8.63. The van der Waals surface area contributed by atoms with Gasteiger partial charge in [0.15, 0.2) is 6.61 Å². The first kappa shape index (κ1) is 21.6. The Hall–Kier alpha value is -4.19. The van der Waals surface area contributed by atoms with E-state index in [0.717, 1.165) is 11.4 Å². The monoisotopic (exact) mass is 455 g/mol. The van der Waals surface area contributed by atoms with Crippen molar-refractivity contribution in [3.05, 3.63) is 113 Å². The molecule has 0 atom stereocenters. The molecule has 0 saturated carbocycles. The number of aromatic nitrogens is 1. The number of halogens is 1. The first-order valence-electron chi connectivity index (χ1n) is 10.9. The number of carbonyl (C=O) groups is 2. The number of aryl methyl sites for hydroxylation is 1. The van der Waals surface area contributed by atoms with Crippen molar-refractivity contribution in [2.75, 3.05) is 6.61 Å². The van der Waals surface area contributed by atoms with Crippen LogP contribution in [0, 0.1) is 19.7 Å². The van der Waals surface area contributed by atoms with Crippen LogP contribution < -0.4 is 4.74 Å². The highest BCUT2D eigenvalue weighted by Crippen LogP contribution is 2.44. The molecule has 4 aromatic rings. The van der Waals surface area contributed by atoms with Gasteiger partial charge in [0.05, 0.1) is 0 Å². The van der Waals surface area contributed by atoms with Gasteiger partial charge in [-0.1, -0.05) is 36.4 Å². The number of hydrogen-bond donors (Lipinski definition) is 0. The van der Waals surface area contributed by atoms with E-state index in [1.165, 1.54) is 12.1 Å². The summed E-state index contributed by atoms with van der Waals surface area (Å²) >= 11 is 0. The summed E-state index contributed by atoms with van der Waals surface area (Å²) in [4.78, 5) is 26.2. The van der Waals surface area contributed by atoms with Crippen LogP contribution in [0.5, 0.6) is 11.5 Å². The van der Waals surface area contributed by atoms with Gasteiger partial charge in [-0.15, -0.1) is 0 Å². The van der Waals surface area contributed by atoms with Crippen LogP contribution in [0.1, 0.15) is 38.8 Å². The molecule has 0 N–H and O–H groups in total. The number of para-hydroxylation sites is 2. The predicted octanol–water partition coefficient (Wildman–Crippen LogP) is 5.90. The van der Waals surface area contributed by atoms with Crippen LogP contribution in [0.2, 0.25) is 0 Å². The van der Waals surface area contributed by atoms with Gasteiger partial charge in [-0.05, 0) is 56.3 Å². The Morgan fingerprint density at radius 1 is 0.912 bits per heavy atom. The molecule has 1 aromatic heterocycles. The Kier molecular flexibility index (Phi) is 5.49. The summed E-state index contributed by atoms with van der Waals surface area (Å²) in [6.45, 7) is 3.31. The van der Waals surface area contributed by atoms with Gasteiger partial charge in [-0.25, -0.2) is 4.39 Å². The van der Waals surface area contributed by atoms with E-state index in [0.29, 0.717) is 33.9 Å². The molecule has 1 aliphatic heterocycles. The van der Waals surface area contributed by atoms with Crippen LogP contribution in [0.3, 0.4) is 0 Å². The third kappa shape index (κ3) is 3.77. The van der Waals surface area contributed by atoms with Crippen molar-refractivity contribution in [1.82, 2.24) is 4.57 Å². The fourth-order valence-electron chi connectivity index (χ4n) is 4.49. The number of hydrogen-bond acceptors (Lipinski definition) is 4. The van der Waals surface area contributed by atoms with Crippen LogP contribution in [0.4, 0.5) is 4.39 Å². The maximum Gasteiger partial charge on any atom is 0.318 e. The third-order valence-electron chi connectivity index (χ3n) is 6.08. The normalized spacial score (nSPS) is 12.4. The Balaban J connectivity index is 1.38. The maximum absolute atomic E-state index is 13.3. The smallest absolute Gasteiger partial charge is 0.318 e. The Bertz CT molecular complexity index is 1360. The topological polar surface area (TPSA) is 57.5 Å². The molecule has 2 heterocycles. The average Bonchev–Trinajstić information content (AvgIpc) is 3.15. The zero-order valence-electron chi connectivity index (χ0n) is 18.7. The summed E-state index contributed by atoms with van der Waals surface area (Å²) in [5, 5.41) is 0. The summed E-state index contributed by atoms with van der Waals surface area (Å²) in [6.07, 6.45) is 0. The molecule has 5 rings (SSSR count). The van der Waals surface area contributed by atoms with E-state index in [4.69, 9.17) is 9.47 Å². The van der Waals surface area contributed by atoms with Gasteiger partial charge in [0, 0.05) is 33.8 Å². The highest BCUT2D eigenvalue weighted by atomic mass is 19.1. The predicted molar refractivity (Wildman–Crippen MR) is 125 cm³/mol. The molecular formula is C28H22FNO4. The zero-order chi connectivity index (χ0) is 23.8. The highest BCUT2D eigenvalue weighted by Gasteiger charge is 2.34. The van der Waals surface area contributed by atoms with E-state index in [1.807, 2.05) is 54.8 Å². The zero-order valence-corrected chi connectivity index (χ0v) is 18.7. The molecule has 170 valence electrons.